The molecule has 6 aliphatic rings. The Bertz CT molecular complexity index is 1510. The third-order valence-corrected chi connectivity index (χ3v) is 11.6. The Morgan fingerprint density at radius 3 is 2.40 bits per heavy atom. The van der Waals surface area contributed by atoms with Crippen molar-refractivity contribution in [1.82, 2.24) is 20.7 Å². The molecule has 6 fully saturated rings. The molecule has 3 heterocycles. The van der Waals surface area contributed by atoms with Crippen molar-refractivity contribution in [3.05, 3.63) is 29.8 Å². The highest BCUT2D eigenvalue weighted by Gasteiger charge is 2.69. The molecule has 14 nitrogen and oxygen atoms in total. The van der Waals surface area contributed by atoms with E-state index in [1.54, 1.807) is 31.2 Å². The summed E-state index contributed by atoms with van der Waals surface area (Å²) in [6.45, 7) is 9.12. The van der Waals surface area contributed by atoms with Crippen LogP contribution in [0.25, 0.3) is 0 Å². The highest BCUT2D eigenvalue weighted by Crippen LogP contribution is 2.66. The zero-order chi connectivity index (χ0) is 35.8. The number of amides is 5. The topological polar surface area (TPSA) is 173 Å². The van der Waals surface area contributed by atoms with Crippen molar-refractivity contribution in [3.63, 3.8) is 0 Å². The molecule has 0 spiro atoms. The van der Waals surface area contributed by atoms with Crippen LogP contribution in [0.1, 0.15) is 109 Å². The molecule has 6 atom stereocenters. The van der Waals surface area contributed by atoms with Gasteiger partial charge in [0.2, 0.25) is 11.8 Å². The first-order chi connectivity index (χ1) is 23.8. The van der Waals surface area contributed by atoms with Crippen molar-refractivity contribution in [1.29, 1.82) is 0 Å². The minimum absolute atomic E-state index is 0.0340. The van der Waals surface area contributed by atoms with Gasteiger partial charge in [-0.2, -0.15) is 0 Å². The molecule has 2 bridgehead atoms. The summed E-state index contributed by atoms with van der Waals surface area (Å²) in [7, 11) is -0.464. The van der Waals surface area contributed by atoms with Crippen molar-refractivity contribution in [2.24, 2.45) is 17.3 Å². The Kier molecular flexibility index (Phi) is 10.3. The van der Waals surface area contributed by atoms with Gasteiger partial charge in [0, 0.05) is 37.8 Å². The van der Waals surface area contributed by atoms with Gasteiger partial charge in [-0.3, -0.25) is 34.8 Å². The number of nitrogens with zero attached hydrogens (tertiary/aromatic N) is 2. The van der Waals surface area contributed by atoms with Gasteiger partial charge in [0.1, 0.15) is 6.04 Å². The molecule has 1 aromatic carbocycles. The molecule has 3 aliphatic heterocycles. The maximum atomic E-state index is 13.6. The predicted octanol–water partition coefficient (Wildman–Crippen LogP) is 3.06. The van der Waals surface area contributed by atoms with Crippen molar-refractivity contribution < 1.29 is 42.9 Å². The molecule has 15 heteroatoms. The summed E-state index contributed by atoms with van der Waals surface area (Å²) in [4.78, 5) is 80.4. The first kappa shape index (κ1) is 35.8. The molecule has 3 saturated heterocycles. The smallest absolute Gasteiger partial charge is 0.404 e. The minimum Gasteiger partial charge on any atom is -0.404 e. The highest BCUT2D eigenvalue weighted by atomic mass is 16.7. The van der Waals surface area contributed by atoms with Crippen molar-refractivity contribution in [2.75, 3.05) is 12.0 Å². The second-order valence-corrected chi connectivity index (χ2v) is 15.1. The molecule has 0 radical (unpaired) electrons. The number of nitrogens with one attached hydrogen (secondary N) is 3. The van der Waals surface area contributed by atoms with Crippen LogP contribution in [-0.4, -0.2) is 82.8 Å². The summed E-state index contributed by atoms with van der Waals surface area (Å²) in [5.74, 6) is -1.58. The van der Waals surface area contributed by atoms with E-state index < -0.39 is 30.9 Å². The van der Waals surface area contributed by atoms with Gasteiger partial charge < -0.3 is 24.4 Å². The maximum absolute atomic E-state index is 13.6. The molecule has 3 aliphatic carbocycles. The van der Waals surface area contributed by atoms with Crippen LogP contribution in [-0.2, 0) is 38.1 Å². The first-order valence-electron chi connectivity index (χ1n) is 17.9. The van der Waals surface area contributed by atoms with E-state index in [-0.39, 0.29) is 66.5 Å². The largest absolute Gasteiger partial charge is 0.481 e. The van der Waals surface area contributed by atoms with Crippen molar-refractivity contribution in [3.8, 4) is 0 Å². The highest BCUT2D eigenvalue weighted by molar-refractivity contribution is 6.48. The van der Waals surface area contributed by atoms with Gasteiger partial charge in [0.05, 0.1) is 23.3 Å². The Balaban J connectivity index is 0.893. The number of anilines is 1. The average molecular weight is 694 g/mol. The molecule has 7 rings (SSSR count). The van der Waals surface area contributed by atoms with Gasteiger partial charge in [-0.15, -0.1) is 5.06 Å². The van der Waals surface area contributed by atoms with Crippen LogP contribution in [0.4, 0.5) is 5.69 Å². The standard InChI is InChI=1S/C35H48BN5O9/c1-21(33(47)40-18-8-9-27(40)36-48-26-20-23-19-25(34(23,2)3)35(26,4)50-36)37-32(46)22-12-14-24(15-13-22)38-39-28(42)10-6-5-7-11-31(45)49-41-29(43)16-17-30(41)44/h12-15,21,23,25-27,38H,5-11,16-20H2,1-4H3,(H,37,46)(H,39,42)/t21-,23+,25+,26?,27+,35+/m1/s1. The molecule has 3 saturated carbocycles. The molecule has 0 aromatic heterocycles. The zero-order valence-electron chi connectivity index (χ0n) is 29.3. The van der Waals surface area contributed by atoms with Crippen LogP contribution in [0.3, 0.4) is 0 Å². The number of carbonyl (C=O) groups excluding carboxylic acids is 6. The van der Waals surface area contributed by atoms with Crippen LogP contribution < -0.4 is 16.2 Å². The number of hydrazine groups is 1. The van der Waals surface area contributed by atoms with Gasteiger partial charge in [-0.25, -0.2) is 4.79 Å². The lowest BCUT2D eigenvalue weighted by molar-refractivity contribution is -0.199. The molecule has 1 unspecified atom stereocenters. The summed E-state index contributed by atoms with van der Waals surface area (Å²) in [5.41, 5.74) is 6.26. The number of unbranched alkanes of at least 4 members (excludes halogenated alkanes) is 2. The van der Waals surface area contributed by atoms with Gasteiger partial charge in [-0.1, -0.05) is 20.3 Å². The van der Waals surface area contributed by atoms with Gasteiger partial charge in [0.15, 0.2) is 0 Å². The second-order valence-electron chi connectivity index (χ2n) is 15.1. The quantitative estimate of drug-likeness (QED) is 0.121. The van der Waals surface area contributed by atoms with Gasteiger partial charge in [-0.05, 0) is 93.9 Å². The zero-order valence-corrected chi connectivity index (χ0v) is 29.3. The van der Waals surface area contributed by atoms with Crippen LogP contribution in [0, 0.1) is 17.3 Å². The van der Waals surface area contributed by atoms with E-state index in [9.17, 15) is 28.8 Å². The number of hydrogen-bond acceptors (Lipinski definition) is 10. The van der Waals surface area contributed by atoms with E-state index in [0.29, 0.717) is 54.0 Å². The summed E-state index contributed by atoms with van der Waals surface area (Å²) in [6, 6.07) is 5.78. The number of hydroxylamine groups is 2. The van der Waals surface area contributed by atoms with E-state index in [1.165, 1.54) is 6.42 Å². The van der Waals surface area contributed by atoms with Crippen LogP contribution in [0.15, 0.2) is 24.3 Å². The van der Waals surface area contributed by atoms with Crippen LogP contribution in [0.5, 0.6) is 0 Å². The fourth-order valence-corrected chi connectivity index (χ4v) is 8.45. The lowest BCUT2D eigenvalue weighted by Crippen LogP contribution is -2.65. The number of hydrogen-bond donors (Lipinski definition) is 3. The SMILES string of the molecule is C[C@@H](NC(=O)c1ccc(NNC(=O)CCCCCC(=O)ON2C(=O)CCC2=O)cc1)C(=O)N1CCC[C@H]1B1OC2C[C@@H]3C[C@@H](C3(C)C)[C@]2(C)O1. The fraction of sp³-hybridized carbons (Fsp3) is 0.657. The number of imide groups is 1. The first-order valence-corrected chi connectivity index (χ1v) is 17.9. The summed E-state index contributed by atoms with van der Waals surface area (Å²) in [6.07, 6.45) is 5.74. The summed E-state index contributed by atoms with van der Waals surface area (Å²) >= 11 is 0. The third kappa shape index (κ3) is 7.11. The van der Waals surface area contributed by atoms with Gasteiger partial charge >= 0.3 is 13.1 Å². The lowest BCUT2D eigenvalue weighted by atomic mass is 9.43. The predicted molar refractivity (Wildman–Crippen MR) is 180 cm³/mol. The second kappa shape index (κ2) is 14.3. The Hall–Kier alpha value is -3.98. The monoisotopic (exact) mass is 693 g/mol. The molecular weight excluding hydrogens is 645 g/mol. The van der Waals surface area contributed by atoms with Crippen molar-refractivity contribution >= 4 is 48.3 Å². The Labute approximate surface area is 292 Å². The number of rotatable bonds is 13. The molecule has 50 heavy (non-hydrogen) atoms. The Morgan fingerprint density at radius 2 is 1.70 bits per heavy atom. The third-order valence-electron chi connectivity index (χ3n) is 11.6. The number of carbonyl (C=O) groups is 6. The lowest BCUT2D eigenvalue weighted by Gasteiger charge is -2.64. The average Bonchev–Trinajstić information content (AvgIpc) is 3.80. The van der Waals surface area contributed by atoms with Crippen LogP contribution in [0.2, 0.25) is 0 Å². The van der Waals surface area contributed by atoms with Crippen molar-refractivity contribution in [2.45, 2.75) is 122 Å². The summed E-state index contributed by atoms with van der Waals surface area (Å²) < 4.78 is 13.2. The van der Waals surface area contributed by atoms with Gasteiger partial charge in [0.25, 0.3) is 17.7 Å². The van der Waals surface area contributed by atoms with Crippen LogP contribution >= 0.6 is 0 Å². The fourth-order valence-electron chi connectivity index (χ4n) is 8.45. The van der Waals surface area contributed by atoms with E-state index in [2.05, 4.69) is 36.9 Å². The maximum Gasteiger partial charge on any atom is 0.481 e. The normalized spacial score (nSPS) is 28.5. The van der Waals surface area contributed by atoms with E-state index >= 15 is 0 Å². The molecule has 270 valence electrons. The summed E-state index contributed by atoms with van der Waals surface area (Å²) in [5, 5.41) is 3.36. The molecule has 5 amide bonds. The molecular formula is C35H48BN5O9. The Morgan fingerprint density at radius 1 is 1.00 bits per heavy atom. The van der Waals surface area contributed by atoms with E-state index in [1.807, 2.05) is 4.90 Å². The number of benzene rings is 1. The molecule has 3 N–H and O–H groups in total. The molecule has 1 aromatic rings. The minimum atomic E-state index is -0.740. The van der Waals surface area contributed by atoms with E-state index in [4.69, 9.17) is 14.1 Å². The number of likely N-dealkylation sites (tertiary alicyclic amines) is 1. The van der Waals surface area contributed by atoms with E-state index in [0.717, 1.165) is 19.3 Å².